The van der Waals surface area contributed by atoms with Crippen LogP contribution < -0.4 is 15.5 Å². The molecule has 142 valence electrons. The second-order valence-electron chi connectivity index (χ2n) is 7.36. The maximum Gasteiger partial charge on any atom is 0.285 e. The van der Waals surface area contributed by atoms with Gasteiger partial charge in [-0.1, -0.05) is 18.2 Å². The molecule has 0 radical (unpaired) electrons. The number of likely N-dealkylation sites (tertiary alicyclic amines) is 1. The fraction of sp³-hybridized carbons (Fsp3) is 0.300. The third-order valence-corrected chi connectivity index (χ3v) is 5.86. The first-order valence-corrected chi connectivity index (χ1v) is 9.17. The molecule has 0 unspecified atom stereocenters. The summed E-state index contributed by atoms with van der Waals surface area (Å²) < 4.78 is 5.86. The van der Waals surface area contributed by atoms with Crippen molar-refractivity contribution in [3.8, 4) is 5.75 Å². The summed E-state index contributed by atoms with van der Waals surface area (Å²) in [6.07, 6.45) is 4.44. The van der Waals surface area contributed by atoms with Crippen molar-refractivity contribution in [2.24, 2.45) is 0 Å². The van der Waals surface area contributed by atoms with Gasteiger partial charge in [0.05, 0.1) is 6.61 Å². The average Bonchev–Trinajstić information content (AvgIpc) is 3.31. The van der Waals surface area contributed by atoms with Crippen LogP contribution in [0.3, 0.4) is 0 Å². The summed E-state index contributed by atoms with van der Waals surface area (Å²) in [5.74, 6) is 2.22. The lowest BCUT2D eigenvalue weighted by Gasteiger charge is -2.39. The molecule has 0 atom stereocenters. The molecule has 0 aromatic heterocycles. The van der Waals surface area contributed by atoms with E-state index in [1.165, 1.54) is 17.8 Å². The van der Waals surface area contributed by atoms with Crippen molar-refractivity contribution in [2.75, 3.05) is 19.7 Å². The van der Waals surface area contributed by atoms with Gasteiger partial charge >= 0.3 is 0 Å². The second kappa shape index (κ2) is 6.00. The minimum atomic E-state index is -0.491. The Kier molecular flexibility index (Phi) is 3.57. The Morgan fingerprint density at radius 1 is 1.21 bits per heavy atom. The van der Waals surface area contributed by atoms with Crippen LogP contribution in [0.4, 0.5) is 0 Å². The summed E-state index contributed by atoms with van der Waals surface area (Å²) in [7, 11) is 0. The van der Waals surface area contributed by atoms with Crippen molar-refractivity contribution in [1.82, 2.24) is 20.7 Å². The smallest absolute Gasteiger partial charge is 0.285 e. The zero-order valence-electron chi connectivity index (χ0n) is 15.0. The normalized spacial score (nSPS) is 21.7. The molecular weight excluding hydrogens is 360 g/mol. The predicted octanol–water partition coefficient (Wildman–Crippen LogP) is 0.330. The number of hydrogen-bond donors (Lipinski definition) is 2. The van der Waals surface area contributed by atoms with E-state index in [1.807, 2.05) is 18.2 Å². The first-order valence-electron chi connectivity index (χ1n) is 9.17. The molecule has 1 aromatic carbocycles. The Morgan fingerprint density at radius 2 is 2.00 bits per heavy atom. The molecule has 4 aliphatic heterocycles. The number of para-hydroxylation sites is 1. The Bertz CT molecular complexity index is 997. The van der Waals surface area contributed by atoms with Crippen LogP contribution in [0.2, 0.25) is 0 Å². The van der Waals surface area contributed by atoms with E-state index in [-0.39, 0.29) is 22.6 Å². The topological polar surface area (TPSA) is 91.0 Å². The molecule has 5 rings (SSSR count). The minimum Gasteiger partial charge on any atom is -0.492 e. The lowest BCUT2D eigenvalue weighted by atomic mass is 9.74. The Morgan fingerprint density at radius 3 is 2.79 bits per heavy atom. The van der Waals surface area contributed by atoms with E-state index < -0.39 is 5.91 Å². The summed E-state index contributed by atoms with van der Waals surface area (Å²) in [6.45, 7) is 1.73. The number of piperidine rings is 1. The monoisotopic (exact) mass is 378 g/mol. The van der Waals surface area contributed by atoms with Gasteiger partial charge in [-0.25, -0.2) is 9.80 Å². The highest BCUT2D eigenvalue weighted by Gasteiger charge is 2.45. The molecule has 0 bridgehead atoms. The highest BCUT2D eigenvalue weighted by Crippen LogP contribution is 2.45. The van der Waals surface area contributed by atoms with Crippen LogP contribution in [-0.4, -0.2) is 47.4 Å². The van der Waals surface area contributed by atoms with E-state index in [9.17, 15) is 14.4 Å². The SMILES string of the molecule is O=C=C1C=C2NC=C(C(=O)N3CCC4(CC3)COc3ccccc34)C(=O)N2N1. The number of hydrazine groups is 1. The van der Waals surface area contributed by atoms with Gasteiger partial charge in [-0.3, -0.25) is 15.0 Å². The maximum atomic E-state index is 13.0. The first-order chi connectivity index (χ1) is 13.6. The van der Waals surface area contributed by atoms with Crippen LogP contribution in [-0.2, 0) is 19.8 Å². The number of fused-ring (bicyclic) bond motifs is 3. The lowest BCUT2D eigenvalue weighted by Crippen LogP contribution is -2.51. The van der Waals surface area contributed by atoms with Crippen LogP contribution in [0.5, 0.6) is 5.75 Å². The molecule has 2 amide bonds. The third kappa shape index (κ3) is 2.35. The van der Waals surface area contributed by atoms with Crippen LogP contribution in [0, 0.1) is 0 Å². The molecule has 0 aliphatic carbocycles. The summed E-state index contributed by atoms with van der Waals surface area (Å²) in [4.78, 5) is 38.1. The van der Waals surface area contributed by atoms with Crippen molar-refractivity contribution in [3.63, 3.8) is 0 Å². The quantitative estimate of drug-likeness (QED) is 0.541. The number of nitrogens with one attached hydrogen (secondary N) is 2. The number of benzene rings is 1. The highest BCUT2D eigenvalue weighted by atomic mass is 16.5. The number of nitrogens with zero attached hydrogens (tertiary/aromatic N) is 2. The molecule has 1 saturated heterocycles. The lowest BCUT2D eigenvalue weighted by molar-refractivity contribution is -0.135. The molecule has 1 fully saturated rings. The minimum absolute atomic E-state index is 0.0378. The molecule has 0 saturated carbocycles. The average molecular weight is 378 g/mol. The molecule has 2 N–H and O–H groups in total. The molecule has 4 aliphatic rings. The van der Waals surface area contributed by atoms with Gasteiger partial charge in [-0.2, -0.15) is 0 Å². The van der Waals surface area contributed by atoms with Crippen molar-refractivity contribution in [2.45, 2.75) is 18.3 Å². The van der Waals surface area contributed by atoms with Gasteiger partial charge in [-0.15, -0.1) is 0 Å². The van der Waals surface area contributed by atoms with E-state index in [0.29, 0.717) is 25.5 Å². The Balaban J connectivity index is 1.30. The molecule has 8 nitrogen and oxygen atoms in total. The van der Waals surface area contributed by atoms with E-state index in [1.54, 1.807) is 10.8 Å². The largest absolute Gasteiger partial charge is 0.492 e. The summed E-state index contributed by atoms with van der Waals surface area (Å²) >= 11 is 0. The number of rotatable bonds is 1. The fourth-order valence-corrected chi connectivity index (χ4v) is 4.26. The van der Waals surface area contributed by atoms with Crippen molar-refractivity contribution >= 4 is 17.8 Å². The number of carbonyl (C=O) groups is 2. The zero-order valence-corrected chi connectivity index (χ0v) is 15.0. The van der Waals surface area contributed by atoms with Crippen LogP contribution >= 0.6 is 0 Å². The summed E-state index contributed by atoms with van der Waals surface area (Å²) in [5, 5.41) is 4.03. The summed E-state index contributed by atoms with van der Waals surface area (Å²) in [5.41, 5.74) is 3.95. The highest BCUT2D eigenvalue weighted by molar-refractivity contribution is 6.19. The molecule has 1 aromatic rings. The van der Waals surface area contributed by atoms with Crippen molar-refractivity contribution < 1.29 is 19.1 Å². The number of carbonyl (C=O) groups excluding carboxylic acids is 3. The van der Waals surface area contributed by atoms with E-state index in [2.05, 4.69) is 16.8 Å². The Hall–Kier alpha value is -3.51. The standard InChI is InChI=1S/C20H18N4O4/c25-11-13-9-17-21-10-14(19(27)24(17)22-13)18(26)23-7-5-20(6-8-23)12-28-16-4-2-1-3-15(16)20/h1-4,9-10,21-22H,5-8,12H2. The van der Waals surface area contributed by atoms with Crippen LogP contribution in [0.15, 0.2) is 53.6 Å². The van der Waals surface area contributed by atoms with Crippen LogP contribution in [0.25, 0.3) is 0 Å². The van der Waals surface area contributed by atoms with E-state index >= 15 is 0 Å². The molecule has 4 heterocycles. The number of ether oxygens (including phenoxy) is 1. The number of amides is 2. The first kappa shape index (κ1) is 16.6. The fourth-order valence-electron chi connectivity index (χ4n) is 4.26. The molecular formula is C20H18N4O4. The third-order valence-electron chi connectivity index (χ3n) is 5.86. The van der Waals surface area contributed by atoms with Gasteiger partial charge in [0.25, 0.3) is 11.8 Å². The zero-order chi connectivity index (χ0) is 19.3. The van der Waals surface area contributed by atoms with Gasteiger partial charge in [0.1, 0.15) is 22.8 Å². The molecule has 1 spiro atoms. The van der Waals surface area contributed by atoms with Gasteiger partial charge < -0.3 is 15.0 Å². The van der Waals surface area contributed by atoms with E-state index in [0.717, 1.165) is 23.6 Å². The predicted molar refractivity (Wildman–Crippen MR) is 97.9 cm³/mol. The van der Waals surface area contributed by atoms with Gasteiger partial charge in [0.2, 0.25) is 0 Å². The van der Waals surface area contributed by atoms with Gasteiger partial charge in [-0.05, 0) is 18.9 Å². The second-order valence-corrected chi connectivity index (χ2v) is 7.36. The molecule has 28 heavy (non-hydrogen) atoms. The maximum absolute atomic E-state index is 13.0. The number of hydrogen-bond acceptors (Lipinski definition) is 6. The molecule has 8 heteroatoms. The van der Waals surface area contributed by atoms with E-state index in [4.69, 9.17) is 4.74 Å². The van der Waals surface area contributed by atoms with Crippen molar-refractivity contribution in [1.29, 1.82) is 0 Å². The summed E-state index contributed by atoms with van der Waals surface area (Å²) in [6, 6.07) is 8.06. The van der Waals surface area contributed by atoms with Gasteiger partial charge in [0, 0.05) is 36.3 Å². The Labute approximate surface area is 161 Å². The van der Waals surface area contributed by atoms with Crippen LogP contribution in [0.1, 0.15) is 18.4 Å². The number of allylic oxidation sites excluding steroid dienone is 1. The van der Waals surface area contributed by atoms with Gasteiger partial charge in [0.15, 0.2) is 5.94 Å². The van der Waals surface area contributed by atoms with Crippen molar-refractivity contribution in [3.05, 3.63) is 59.2 Å².